The molecule has 1 aliphatic rings. The molecule has 1 aromatic carbocycles. The first-order chi connectivity index (χ1) is 10.9. The van der Waals surface area contributed by atoms with Crippen molar-refractivity contribution in [2.75, 3.05) is 47.4 Å². The van der Waals surface area contributed by atoms with E-state index in [1.54, 1.807) is 0 Å². The second-order valence-electron chi connectivity index (χ2n) is 5.87. The van der Waals surface area contributed by atoms with Gasteiger partial charge in [-0.05, 0) is 32.3 Å². The first kappa shape index (κ1) is 17.2. The van der Waals surface area contributed by atoms with Crippen LogP contribution in [0.2, 0.25) is 0 Å². The molecule has 1 heterocycles. The van der Waals surface area contributed by atoms with Crippen molar-refractivity contribution in [1.29, 1.82) is 0 Å². The zero-order chi connectivity index (χ0) is 17.0. The molecule has 1 saturated heterocycles. The number of aromatic hydroxyl groups is 1. The van der Waals surface area contributed by atoms with Gasteiger partial charge in [-0.3, -0.25) is 9.69 Å². The summed E-state index contributed by atoms with van der Waals surface area (Å²) in [7, 11) is 5.34. The number of methoxy groups -OCH3 is 1. The number of carbonyl (C=O) groups excluding carboxylic acids is 2. The first-order valence-corrected chi connectivity index (χ1v) is 7.50. The molecule has 0 bridgehead atoms. The van der Waals surface area contributed by atoms with Gasteiger partial charge in [-0.1, -0.05) is 0 Å². The molecule has 1 unspecified atom stereocenters. The molecular formula is C16H23N3O4. The first-order valence-electron chi connectivity index (χ1n) is 7.50. The summed E-state index contributed by atoms with van der Waals surface area (Å²) in [5, 5.41) is 12.5. The minimum absolute atomic E-state index is 0.146. The number of esters is 1. The number of hydrogen-bond donors (Lipinski definition) is 2. The number of phenols is 1. The molecule has 1 aromatic rings. The second kappa shape index (κ2) is 7.43. The molecule has 1 amide bonds. The Labute approximate surface area is 135 Å². The predicted octanol–water partition coefficient (Wildman–Crippen LogP) is 0.154. The molecule has 0 spiro atoms. The van der Waals surface area contributed by atoms with Crippen LogP contribution in [0.4, 0.5) is 0 Å². The van der Waals surface area contributed by atoms with Gasteiger partial charge in [-0.25, -0.2) is 4.79 Å². The molecule has 126 valence electrons. The summed E-state index contributed by atoms with van der Waals surface area (Å²) in [5.74, 6) is -1.07. The van der Waals surface area contributed by atoms with Crippen molar-refractivity contribution >= 4 is 11.9 Å². The highest BCUT2D eigenvalue weighted by molar-refractivity contribution is 5.98. The molecule has 2 N–H and O–H groups in total. The van der Waals surface area contributed by atoms with E-state index in [0.29, 0.717) is 6.54 Å². The van der Waals surface area contributed by atoms with Crippen LogP contribution in [0.3, 0.4) is 0 Å². The van der Waals surface area contributed by atoms with Crippen molar-refractivity contribution in [3.05, 3.63) is 29.3 Å². The van der Waals surface area contributed by atoms with Gasteiger partial charge in [0.05, 0.1) is 12.7 Å². The largest absolute Gasteiger partial charge is 0.508 e. The molecule has 1 aliphatic heterocycles. The smallest absolute Gasteiger partial charge is 0.338 e. The Morgan fingerprint density at radius 1 is 1.26 bits per heavy atom. The average molecular weight is 321 g/mol. The summed E-state index contributed by atoms with van der Waals surface area (Å²) in [4.78, 5) is 28.3. The molecule has 0 radical (unpaired) electrons. The number of ether oxygens (including phenoxy) is 1. The van der Waals surface area contributed by atoms with Crippen molar-refractivity contribution in [2.45, 2.75) is 6.04 Å². The molecule has 0 aromatic heterocycles. The molecule has 7 heteroatoms. The van der Waals surface area contributed by atoms with Gasteiger partial charge < -0.3 is 20.1 Å². The zero-order valence-electron chi connectivity index (χ0n) is 13.7. The molecule has 1 fully saturated rings. The Hall–Kier alpha value is -2.12. The summed E-state index contributed by atoms with van der Waals surface area (Å²) in [6, 6.07) is 4.25. The fourth-order valence-corrected chi connectivity index (χ4v) is 2.61. The number of nitrogens with one attached hydrogen (secondary N) is 1. The lowest BCUT2D eigenvalue weighted by atomic mass is 10.1. The van der Waals surface area contributed by atoms with Crippen molar-refractivity contribution in [3.8, 4) is 5.75 Å². The minimum Gasteiger partial charge on any atom is -0.508 e. The highest BCUT2D eigenvalue weighted by atomic mass is 16.5. The summed E-state index contributed by atoms with van der Waals surface area (Å²) in [6.45, 7) is 3.35. The Morgan fingerprint density at radius 3 is 2.65 bits per heavy atom. The summed E-state index contributed by atoms with van der Waals surface area (Å²) < 4.78 is 4.61. The van der Waals surface area contributed by atoms with Crippen LogP contribution >= 0.6 is 0 Å². The monoisotopic (exact) mass is 321 g/mol. The summed E-state index contributed by atoms with van der Waals surface area (Å²) >= 11 is 0. The lowest BCUT2D eigenvalue weighted by Crippen LogP contribution is -2.54. The van der Waals surface area contributed by atoms with Crippen molar-refractivity contribution in [2.24, 2.45) is 0 Å². The average Bonchev–Trinajstić information content (AvgIpc) is 2.54. The highest BCUT2D eigenvalue weighted by Crippen LogP contribution is 2.16. The van der Waals surface area contributed by atoms with Crippen LogP contribution in [0.5, 0.6) is 5.75 Å². The number of amides is 1. The SMILES string of the molecule is COC(=O)c1cc(O)cc(C(=O)NCC2CN(C)CCN2C)c1. The Morgan fingerprint density at radius 2 is 1.96 bits per heavy atom. The number of nitrogens with zero attached hydrogens (tertiary/aromatic N) is 2. The standard InChI is InChI=1S/C16H23N3O4/c1-18-4-5-19(2)13(10-18)9-17-15(21)11-6-12(16(22)23-3)8-14(20)7-11/h6-8,13,20H,4-5,9-10H2,1-3H3,(H,17,21). The number of benzene rings is 1. The lowest BCUT2D eigenvalue weighted by molar-refractivity contribution is 0.0600. The van der Waals surface area contributed by atoms with Crippen molar-refractivity contribution < 1.29 is 19.4 Å². The number of piperazine rings is 1. The van der Waals surface area contributed by atoms with Crippen LogP contribution < -0.4 is 5.32 Å². The van der Waals surface area contributed by atoms with Gasteiger partial charge in [0.15, 0.2) is 0 Å². The van der Waals surface area contributed by atoms with Gasteiger partial charge in [-0.15, -0.1) is 0 Å². The minimum atomic E-state index is -0.594. The third kappa shape index (κ3) is 4.43. The fraction of sp³-hybridized carbons (Fsp3) is 0.500. The molecule has 7 nitrogen and oxygen atoms in total. The summed E-state index contributed by atoms with van der Waals surface area (Å²) in [6.07, 6.45) is 0. The van der Waals surface area contributed by atoms with Gasteiger partial charge in [0.25, 0.3) is 5.91 Å². The number of likely N-dealkylation sites (N-methyl/N-ethyl adjacent to an activating group) is 2. The van der Waals surface area contributed by atoms with E-state index >= 15 is 0 Å². The van der Waals surface area contributed by atoms with E-state index in [0.717, 1.165) is 19.6 Å². The maximum absolute atomic E-state index is 12.3. The van der Waals surface area contributed by atoms with Crippen LogP contribution in [0, 0.1) is 0 Å². The van der Waals surface area contributed by atoms with Crippen LogP contribution in [0.25, 0.3) is 0 Å². The Balaban J connectivity index is 2.03. The normalized spacial score (nSPS) is 19.3. The van der Waals surface area contributed by atoms with Gasteiger partial charge in [-0.2, -0.15) is 0 Å². The number of rotatable bonds is 4. The number of carbonyl (C=O) groups is 2. The van der Waals surface area contributed by atoms with Gasteiger partial charge in [0.1, 0.15) is 5.75 Å². The van der Waals surface area contributed by atoms with Crippen LogP contribution in [-0.4, -0.2) is 80.2 Å². The Kier molecular flexibility index (Phi) is 5.57. The fourth-order valence-electron chi connectivity index (χ4n) is 2.61. The summed E-state index contributed by atoms with van der Waals surface area (Å²) in [5.41, 5.74) is 0.379. The van der Waals surface area contributed by atoms with Crippen molar-refractivity contribution in [3.63, 3.8) is 0 Å². The third-order valence-corrected chi connectivity index (χ3v) is 4.08. The van der Waals surface area contributed by atoms with Gasteiger partial charge >= 0.3 is 5.97 Å². The Bertz CT molecular complexity index is 591. The van der Waals surface area contributed by atoms with E-state index in [-0.39, 0.29) is 28.8 Å². The van der Waals surface area contributed by atoms with E-state index in [1.807, 2.05) is 7.05 Å². The van der Waals surface area contributed by atoms with Gasteiger partial charge in [0, 0.05) is 37.8 Å². The second-order valence-corrected chi connectivity index (χ2v) is 5.87. The van der Waals surface area contributed by atoms with Crippen LogP contribution in [-0.2, 0) is 4.74 Å². The molecule has 23 heavy (non-hydrogen) atoms. The lowest BCUT2D eigenvalue weighted by Gasteiger charge is -2.37. The van der Waals surface area contributed by atoms with Crippen molar-refractivity contribution in [1.82, 2.24) is 15.1 Å². The molecule has 2 rings (SSSR count). The predicted molar refractivity (Wildman–Crippen MR) is 85.7 cm³/mol. The highest BCUT2D eigenvalue weighted by Gasteiger charge is 2.23. The number of phenolic OH excluding ortho intramolecular Hbond substituents is 1. The van der Waals surface area contributed by atoms with E-state index in [2.05, 4.69) is 26.9 Å². The molecule has 0 saturated carbocycles. The topological polar surface area (TPSA) is 82.1 Å². The maximum Gasteiger partial charge on any atom is 0.338 e. The van der Waals surface area contributed by atoms with Crippen LogP contribution in [0.15, 0.2) is 18.2 Å². The quantitative estimate of drug-likeness (QED) is 0.769. The van der Waals surface area contributed by atoms with E-state index < -0.39 is 5.97 Å². The zero-order valence-corrected chi connectivity index (χ0v) is 13.7. The van der Waals surface area contributed by atoms with E-state index in [4.69, 9.17) is 0 Å². The van der Waals surface area contributed by atoms with E-state index in [9.17, 15) is 14.7 Å². The van der Waals surface area contributed by atoms with Crippen LogP contribution in [0.1, 0.15) is 20.7 Å². The molecular weight excluding hydrogens is 298 g/mol. The third-order valence-electron chi connectivity index (χ3n) is 4.08. The number of hydrogen-bond acceptors (Lipinski definition) is 6. The maximum atomic E-state index is 12.3. The molecule has 1 atom stereocenters. The molecule has 0 aliphatic carbocycles. The van der Waals surface area contributed by atoms with E-state index in [1.165, 1.54) is 25.3 Å². The van der Waals surface area contributed by atoms with Gasteiger partial charge in [0.2, 0.25) is 0 Å².